The highest BCUT2D eigenvalue weighted by atomic mass is 32.2. The van der Waals surface area contributed by atoms with Crippen molar-refractivity contribution in [3.05, 3.63) is 0 Å². The molecule has 0 fully saturated rings. The first kappa shape index (κ1) is 38.7. The highest BCUT2D eigenvalue weighted by molar-refractivity contribution is 7.87. The van der Waals surface area contributed by atoms with Crippen molar-refractivity contribution < 1.29 is 66.4 Å². The molecule has 0 aromatic carbocycles. The highest BCUT2D eigenvalue weighted by Gasteiger charge is 2.83. The highest BCUT2D eigenvalue weighted by Crippen LogP contribution is 2.54. The quantitative estimate of drug-likeness (QED) is 0.0532. The summed E-state index contributed by atoms with van der Waals surface area (Å²) in [6, 6.07) is 0. The molecule has 0 amide bonds. The van der Waals surface area contributed by atoms with Crippen molar-refractivity contribution in [2.75, 3.05) is 6.61 Å². The molecule has 1 N–H and O–H groups in total. The second-order valence-corrected chi connectivity index (χ2v) is 11.4. The van der Waals surface area contributed by atoms with E-state index in [1.54, 1.807) is 0 Å². The van der Waals surface area contributed by atoms with Gasteiger partial charge in [0.2, 0.25) is 0 Å². The summed E-state index contributed by atoms with van der Waals surface area (Å²) >= 11 is 0. The fourth-order valence-electron chi connectivity index (χ4n) is 3.83. The molecule has 0 heterocycles. The fourth-order valence-corrected chi connectivity index (χ4v) is 4.61. The molecule has 0 saturated heterocycles. The Balaban J connectivity index is 4.68. The summed E-state index contributed by atoms with van der Waals surface area (Å²) in [6.45, 7) is -0.898. The maximum absolute atomic E-state index is 13.7. The van der Waals surface area contributed by atoms with Gasteiger partial charge >= 0.3 is 36.1 Å². The van der Waals surface area contributed by atoms with Gasteiger partial charge < -0.3 is 4.74 Å². The molecule has 0 saturated carbocycles. The van der Waals surface area contributed by atoms with Crippen molar-refractivity contribution in [2.45, 2.75) is 139 Å². The summed E-state index contributed by atoms with van der Waals surface area (Å²) in [7, 11) is -5.32. The summed E-state index contributed by atoms with van der Waals surface area (Å²) in [4.78, 5) is 11.9. The van der Waals surface area contributed by atoms with E-state index in [9.17, 15) is 61.7 Å². The van der Waals surface area contributed by atoms with Crippen LogP contribution in [0.3, 0.4) is 0 Å². The van der Waals surface area contributed by atoms with Gasteiger partial charge in [-0.15, -0.1) is 0 Å². The van der Waals surface area contributed by atoms with E-state index >= 15 is 0 Å². The zero-order chi connectivity index (χ0) is 31.3. The minimum atomic E-state index is -7.28. The van der Waals surface area contributed by atoms with Gasteiger partial charge in [0.25, 0.3) is 10.1 Å². The molecule has 0 aliphatic rings. The average molecular weight is 629 g/mol. The van der Waals surface area contributed by atoms with Gasteiger partial charge in [-0.1, -0.05) is 96.8 Å². The third-order valence-corrected chi connectivity index (χ3v) is 7.53. The number of ether oxygens (including phenoxy) is 1. The van der Waals surface area contributed by atoms with E-state index in [1.165, 1.54) is 32.1 Å². The monoisotopic (exact) mass is 628 g/mol. The topological polar surface area (TPSA) is 80.7 Å². The molecule has 1 unspecified atom stereocenters. The zero-order valence-corrected chi connectivity index (χ0v) is 23.1. The molecule has 16 heteroatoms. The summed E-state index contributed by atoms with van der Waals surface area (Å²) in [5, 5.41) is -2.54. The number of alkyl halides is 10. The smallest absolute Gasteiger partial charge is 0.384 e. The molecule has 0 rings (SSSR count). The Hall–Kier alpha value is -1.32. The Labute approximate surface area is 228 Å². The number of hydrogen-bond donors (Lipinski definition) is 1. The van der Waals surface area contributed by atoms with Crippen LogP contribution in [0.5, 0.6) is 0 Å². The van der Waals surface area contributed by atoms with Gasteiger partial charge in [0.1, 0.15) is 0 Å². The molecule has 5 nitrogen and oxygen atoms in total. The van der Waals surface area contributed by atoms with Crippen LogP contribution in [0, 0.1) is 0 Å². The Kier molecular flexibility index (Phi) is 16.4. The lowest BCUT2D eigenvalue weighted by atomic mass is 9.99. The lowest BCUT2D eigenvalue weighted by Crippen LogP contribution is -2.65. The molecule has 40 heavy (non-hydrogen) atoms. The Morgan fingerprint density at radius 1 is 0.700 bits per heavy atom. The molecular weight excluding hydrogens is 590 g/mol. The first-order chi connectivity index (χ1) is 18.3. The van der Waals surface area contributed by atoms with E-state index in [0.717, 1.165) is 38.5 Å². The van der Waals surface area contributed by atoms with E-state index in [1.807, 2.05) is 0 Å². The molecular formula is C24H38F10O5S. The van der Waals surface area contributed by atoms with Crippen LogP contribution in [-0.4, -0.2) is 60.9 Å². The molecule has 1 atom stereocenters. The molecule has 0 bridgehead atoms. The molecule has 0 spiro atoms. The second-order valence-electron chi connectivity index (χ2n) is 9.77. The van der Waals surface area contributed by atoms with Crippen molar-refractivity contribution in [3.8, 4) is 0 Å². The molecule has 240 valence electrons. The number of rotatable bonds is 23. The summed E-state index contributed by atoms with van der Waals surface area (Å²) < 4.78 is 167. The van der Waals surface area contributed by atoms with Gasteiger partial charge in [0.05, 0.1) is 0 Å². The summed E-state index contributed by atoms with van der Waals surface area (Å²) in [5.74, 6) is -29.8. The number of unbranched alkanes of at least 4 members (excludes halogenated alkanes) is 13. The standard InChI is InChI=1S/C24H38F10O5S/c1-2-3-4-5-6-7-8-9-10-11-12-13-14-15-16-18(40(36,37)38)19(35)39-17-21(27,28)23(31,32)24(33,34)22(29,30)20(25)26/h18,20H,2-17H2,1H3,(H,36,37,38). The van der Waals surface area contributed by atoms with Crippen molar-refractivity contribution in [1.82, 2.24) is 0 Å². The average Bonchev–Trinajstić information content (AvgIpc) is 2.83. The van der Waals surface area contributed by atoms with Crippen LogP contribution in [0.25, 0.3) is 0 Å². The first-order valence-electron chi connectivity index (χ1n) is 13.2. The van der Waals surface area contributed by atoms with E-state index in [4.69, 9.17) is 0 Å². The SMILES string of the molecule is CCCCCCCCCCCCCCCCC(C(=O)OCC(F)(F)C(F)(F)C(F)(F)C(F)(F)C(F)F)S(=O)(=O)O. The van der Waals surface area contributed by atoms with Crippen molar-refractivity contribution in [2.24, 2.45) is 0 Å². The van der Waals surface area contributed by atoms with Crippen LogP contribution in [-0.2, 0) is 19.6 Å². The van der Waals surface area contributed by atoms with Crippen LogP contribution >= 0.6 is 0 Å². The third kappa shape index (κ3) is 11.5. The number of carbonyl (C=O) groups excluding carboxylic acids is 1. The predicted molar refractivity (Wildman–Crippen MR) is 127 cm³/mol. The maximum atomic E-state index is 13.7. The second kappa shape index (κ2) is 17.0. The van der Waals surface area contributed by atoms with Crippen molar-refractivity contribution in [1.29, 1.82) is 0 Å². The number of halogens is 10. The van der Waals surface area contributed by atoms with Gasteiger partial charge in [-0.2, -0.15) is 43.5 Å². The van der Waals surface area contributed by atoms with Crippen LogP contribution in [0.1, 0.15) is 103 Å². The molecule has 0 radical (unpaired) electrons. The normalized spacial score (nSPS) is 14.5. The van der Waals surface area contributed by atoms with Gasteiger partial charge in [-0.3, -0.25) is 9.35 Å². The lowest BCUT2D eigenvalue weighted by Gasteiger charge is -2.36. The van der Waals surface area contributed by atoms with E-state index in [-0.39, 0.29) is 6.42 Å². The van der Waals surface area contributed by atoms with Crippen LogP contribution in [0.4, 0.5) is 43.9 Å². The maximum Gasteiger partial charge on any atom is 0.384 e. The number of hydrogen-bond acceptors (Lipinski definition) is 4. The first-order valence-corrected chi connectivity index (χ1v) is 14.7. The van der Waals surface area contributed by atoms with Crippen molar-refractivity contribution in [3.63, 3.8) is 0 Å². The minimum absolute atomic E-state index is 0.0530. The Morgan fingerprint density at radius 3 is 1.43 bits per heavy atom. The van der Waals surface area contributed by atoms with Gasteiger partial charge in [-0.25, -0.2) is 8.78 Å². The summed E-state index contributed by atoms with van der Waals surface area (Å²) in [5.41, 5.74) is 0. The Bertz CT molecular complexity index is 838. The number of carbonyl (C=O) groups is 1. The molecule has 0 aromatic heterocycles. The van der Waals surface area contributed by atoms with Crippen LogP contribution < -0.4 is 0 Å². The van der Waals surface area contributed by atoms with E-state index in [2.05, 4.69) is 11.7 Å². The van der Waals surface area contributed by atoms with Crippen LogP contribution in [0.15, 0.2) is 0 Å². The molecule has 0 aromatic rings. The largest absolute Gasteiger partial charge is 0.458 e. The summed E-state index contributed by atoms with van der Waals surface area (Å²) in [6.07, 6.45) is 6.75. The molecule has 0 aliphatic heterocycles. The van der Waals surface area contributed by atoms with Gasteiger partial charge in [0, 0.05) is 0 Å². The lowest BCUT2D eigenvalue weighted by molar-refractivity contribution is -0.386. The fraction of sp³-hybridized carbons (Fsp3) is 0.958. The third-order valence-electron chi connectivity index (χ3n) is 6.38. The van der Waals surface area contributed by atoms with Crippen molar-refractivity contribution >= 4 is 16.1 Å². The zero-order valence-electron chi connectivity index (χ0n) is 22.2. The van der Waals surface area contributed by atoms with Crippen LogP contribution in [0.2, 0.25) is 0 Å². The van der Waals surface area contributed by atoms with Gasteiger partial charge in [-0.05, 0) is 6.42 Å². The minimum Gasteiger partial charge on any atom is -0.458 e. The Morgan fingerprint density at radius 2 is 1.07 bits per heavy atom. The predicted octanol–water partition coefficient (Wildman–Crippen LogP) is 8.46. The van der Waals surface area contributed by atoms with E-state index in [0.29, 0.717) is 12.8 Å². The number of esters is 1. The molecule has 0 aliphatic carbocycles. The van der Waals surface area contributed by atoms with Gasteiger partial charge in [0.15, 0.2) is 11.9 Å². The van der Waals surface area contributed by atoms with E-state index < -0.39 is 64.5 Å².